The van der Waals surface area contributed by atoms with Gasteiger partial charge in [0.1, 0.15) is 0 Å². The number of nitrogens with zero attached hydrogens (tertiary/aromatic N) is 1. The van der Waals surface area contributed by atoms with Crippen LogP contribution in [0.15, 0.2) is 24.3 Å². The third kappa shape index (κ3) is 6.17. The van der Waals surface area contributed by atoms with Gasteiger partial charge in [0.05, 0.1) is 6.04 Å². The molecule has 0 saturated carbocycles. The molecule has 118 valence electrons. The summed E-state index contributed by atoms with van der Waals surface area (Å²) in [7, 11) is 0. The van der Waals surface area contributed by atoms with Gasteiger partial charge in [-0.15, -0.1) is 0 Å². The van der Waals surface area contributed by atoms with Gasteiger partial charge in [-0.25, -0.2) is 0 Å². The average Bonchev–Trinajstić information content (AvgIpc) is 2.45. The lowest BCUT2D eigenvalue weighted by molar-refractivity contribution is -0.126. The molecule has 21 heavy (non-hydrogen) atoms. The van der Waals surface area contributed by atoms with Crippen molar-refractivity contribution in [2.75, 3.05) is 18.8 Å². The number of likely N-dealkylation sites (N-methyl/N-ethyl adjacent to an activating group) is 1. The molecule has 1 unspecified atom stereocenters. The third-order valence-corrected chi connectivity index (χ3v) is 3.72. The summed E-state index contributed by atoms with van der Waals surface area (Å²) in [6.07, 6.45) is 1.02. The summed E-state index contributed by atoms with van der Waals surface area (Å²) < 4.78 is 0. The molecule has 0 radical (unpaired) electrons. The molecule has 1 aromatic carbocycles. The number of nitrogen functional groups attached to an aromatic ring is 1. The standard InChI is InChI=1S/C17H29N3O/c1-5-20(12-15-6-8-16(18)9-7-15)14(4)17(21)19-11-10-13(2)3/h6-9,13-14H,5,10-12,18H2,1-4H3,(H,19,21). The number of anilines is 1. The Labute approximate surface area is 128 Å². The number of rotatable bonds is 8. The summed E-state index contributed by atoms with van der Waals surface area (Å²) in [5, 5.41) is 3.02. The van der Waals surface area contributed by atoms with Gasteiger partial charge in [0.25, 0.3) is 0 Å². The molecule has 0 spiro atoms. The van der Waals surface area contributed by atoms with Gasteiger partial charge in [-0.3, -0.25) is 9.69 Å². The number of nitrogens with one attached hydrogen (secondary N) is 1. The van der Waals surface area contributed by atoms with Crippen LogP contribution in [0.3, 0.4) is 0 Å². The second kappa shape index (κ2) is 8.67. The van der Waals surface area contributed by atoms with E-state index in [9.17, 15) is 4.79 Å². The lowest BCUT2D eigenvalue weighted by Crippen LogP contribution is -2.45. The first-order chi connectivity index (χ1) is 9.93. The summed E-state index contributed by atoms with van der Waals surface area (Å²) in [5.74, 6) is 0.714. The van der Waals surface area contributed by atoms with Gasteiger partial charge in [0, 0.05) is 18.8 Å². The summed E-state index contributed by atoms with van der Waals surface area (Å²) in [6, 6.07) is 7.70. The van der Waals surface area contributed by atoms with E-state index in [0.717, 1.165) is 31.7 Å². The van der Waals surface area contributed by atoms with Crippen molar-refractivity contribution in [3.8, 4) is 0 Å². The molecule has 0 aliphatic carbocycles. The van der Waals surface area contributed by atoms with Gasteiger partial charge in [-0.05, 0) is 43.5 Å². The lowest BCUT2D eigenvalue weighted by Gasteiger charge is -2.27. The normalized spacial score (nSPS) is 12.7. The van der Waals surface area contributed by atoms with Gasteiger partial charge in [-0.2, -0.15) is 0 Å². The molecule has 0 heterocycles. The summed E-state index contributed by atoms with van der Waals surface area (Å²) in [6.45, 7) is 10.7. The Morgan fingerprint density at radius 1 is 1.24 bits per heavy atom. The Kier molecular flexibility index (Phi) is 7.23. The molecule has 4 heteroatoms. The van der Waals surface area contributed by atoms with E-state index in [2.05, 4.69) is 31.0 Å². The van der Waals surface area contributed by atoms with E-state index >= 15 is 0 Å². The van der Waals surface area contributed by atoms with E-state index < -0.39 is 0 Å². The highest BCUT2D eigenvalue weighted by atomic mass is 16.2. The highest BCUT2D eigenvalue weighted by molar-refractivity contribution is 5.81. The number of nitrogens with two attached hydrogens (primary N) is 1. The van der Waals surface area contributed by atoms with Crippen LogP contribution in [-0.4, -0.2) is 29.9 Å². The van der Waals surface area contributed by atoms with Crippen LogP contribution >= 0.6 is 0 Å². The van der Waals surface area contributed by atoms with E-state index in [1.54, 1.807) is 0 Å². The van der Waals surface area contributed by atoms with Crippen molar-refractivity contribution < 1.29 is 4.79 Å². The van der Waals surface area contributed by atoms with E-state index in [1.807, 2.05) is 31.2 Å². The molecule has 4 nitrogen and oxygen atoms in total. The minimum Gasteiger partial charge on any atom is -0.399 e. The molecule has 1 amide bonds. The molecule has 0 aliphatic heterocycles. The molecule has 3 N–H and O–H groups in total. The summed E-state index contributed by atoms with van der Waals surface area (Å²) >= 11 is 0. The Balaban J connectivity index is 2.53. The Hall–Kier alpha value is -1.55. The first-order valence-electron chi connectivity index (χ1n) is 7.80. The van der Waals surface area contributed by atoms with Crippen LogP contribution in [0.5, 0.6) is 0 Å². The third-order valence-electron chi connectivity index (χ3n) is 3.72. The maximum absolute atomic E-state index is 12.2. The van der Waals surface area contributed by atoms with Crippen molar-refractivity contribution in [1.29, 1.82) is 0 Å². The number of hydrogen-bond donors (Lipinski definition) is 2. The Morgan fingerprint density at radius 3 is 2.38 bits per heavy atom. The molecule has 1 atom stereocenters. The zero-order valence-electron chi connectivity index (χ0n) is 13.7. The fourth-order valence-electron chi connectivity index (χ4n) is 2.18. The van der Waals surface area contributed by atoms with Crippen molar-refractivity contribution >= 4 is 11.6 Å². The van der Waals surface area contributed by atoms with E-state index in [0.29, 0.717) is 5.92 Å². The van der Waals surface area contributed by atoms with Gasteiger partial charge >= 0.3 is 0 Å². The SMILES string of the molecule is CCN(Cc1ccc(N)cc1)C(C)C(=O)NCCC(C)C. The molecule has 0 aromatic heterocycles. The van der Waals surface area contributed by atoms with Crippen molar-refractivity contribution in [2.24, 2.45) is 5.92 Å². The van der Waals surface area contributed by atoms with Gasteiger partial charge in [0.15, 0.2) is 0 Å². The van der Waals surface area contributed by atoms with Gasteiger partial charge < -0.3 is 11.1 Å². The number of amides is 1. The first-order valence-corrected chi connectivity index (χ1v) is 7.80. The van der Waals surface area contributed by atoms with Crippen molar-refractivity contribution in [3.05, 3.63) is 29.8 Å². The molecule has 0 fully saturated rings. The number of benzene rings is 1. The van der Waals surface area contributed by atoms with Crippen LogP contribution in [0.4, 0.5) is 5.69 Å². The lowest BCUT2D eigenvalue weighted by atomic mass is 10.1. The Morgan fingerprint density at radius 2 is 1.86 bits per heavy atom. The van der Waals surface area contributed by atoms with Gasteiger partial charge in [0.2, 0.25) is 5.91 Å². The second-order valence-corrected chi connectivity index (χ2v) is 5.95. The van der Waals surface area contributed by atoms with Crippen molar-refractivity contribution in [2.45, 2.75) is 46.7 Å². The highest BCUT2D eigenvalue weighted by Crippen LogP contribution is 2.11. The molecule has 0 bridgehead atoms. The van der Waals surface area contributed by atoms with Gasteiger partial charge in [-0.1, -0.05) is 32.9 Å². The van der Waals surface area contributed by atoms with E-state index in [-0.39, 0.29) is 11.9 Å². The minimum atomic E-state index is -0.125. The monoisotopic (exact) mass is 291 g/mol. The van der Waals surface area contributed by atoms with Crippen molar-refractivity contribution in [3.63, 3.8) is 0 Å². The zero-order chi connectivity index (χ0) is 15.8. The molecular formula is C17H29N3O. The summed E-state index contributed by atoms with van der Waals surface area (Å²) in [5.41, 5.74) is 7.64. The van der Waals surface area contributed by atoms with Crippen LogP contribution in [0.25, 0.3) is 0 Å². The number of carbonyl (C=O) groups is 1. The fraction of sp³-hybridized carbons (Fsp3) is 0.588. The predicted molar refractivity (Wildman–Crippen MR) is 88.9 cm³/mol. The van der Waals surface area contributed by atoms with Crippen LogP contribution < -0.4 is 11.1 Å². The largest absolute Gasteiger partial charge is 0.399 e. The van der Waals surface area contributed by atoms with Crippen LogP contribution in [-0.2, 0) is 11.3 Å². The molecule has 0 saturated heterocycles. The number of hydrogen-bond acceptors (Lipinski definition) is 3. The fourth-order valence-corrected chi connectivity index (χ4v) is 2.18. The van der Waals surface area contributed by atoms with Crippen LogP contribution in [0.2, 0.25) is 0 Å². The smallest absolute Gasteiger partial charge is 0.237 e. The quantitative estimate of drug-likeness (QED) is 0.724. The number of carbonyl (C=O) groups excluding carboxylic acids is 1. The zero-order valence-corrected chi connectivity index (χ0v) is 13.7. The second-order valence-electron chi connectivity index (χ2n) is 5.95. The molecule has 1 rings (SSSR count). The average molecular weight is 291 g/mol. The van der Waals surface area contributed by atoms with Crippen molar-refractivity contribution in [1.82, 2.24) is 10.2 Å². The molecule has 1 aromatic rings. The maximum Gasteiger partial charge on any atom is 0.237 e. The van der Waals surface area contributed by atoms with E-state index in [4.69, 9.17) is 5.73 Å². The maximum atomic E-state index is 12.2. The van der Waals surface area contributed by atoms with Crippen LogP contribution in [0, 0.1) is 5.92 Å². The topological polar surface area (TPSA) is 58.4 Å². The predicted octanol–water partition coefficient (Wildman–Crippen LogP) is 2.64. The molecular weight excluding hydrogens is 262 g/mol. The molecule has 0 aliphatic rings. The van der Waals surface area contributed by atoms with Crippen LogP contribution in [0.1, 0.15) is 39.7 Å². The Bertz CT molecular complexity index is 428. The first kappa shape index (κ1) is 17.5. The highest BCUT2D eigenvalue weighted by Gasteiger charge is 2.19. The van der Waals surface area contributed by atoms with E-state index in [1.165, 1.54) is 5.56 Å². The minimum absolute atomic E-state index is 0.105. The summed E-state index contributed by atoms with van der Waals surface area (Å²) in [4.78, 5) is 14.4.